The van der Waals surface area contributed by atoms with Crippen molar-refractivity contribution >= 4 is 11.9 Å². The second-order valence-corrected chi connectivity index (χ2v) is 6.50. The highest BCUT2D eigenvalue weighted by Gasteiger charge is 2.30. The fraction of sp³-hybridized carbons (Fsp3) is 0.250. The Morgan fingerprint density at radius 1 is 1.15 bits per heavy atom. The topological polar surface area (TPSA) is 80.2 Å². The Hall–Kier alpha value is -3.35. The van der Waals surface area contributed by atoms with Crippen LogP contribution in [0.5, 0.6) is 0 Å². The van der Waals surface area contributed by atoms with Crippen LogP contribution < -0.4 is 0 Å². The van der Waals surface area contributed by atoms with E-state index in [4.69, 9.17) is 4.74 Å². The summed E-state index contributed by atoms with van der Waals surface area (Å²) in [6, 6.07) is 12.5. The van der Waals surface area contributed by atoms with Crippen LogP contribution in [0.25, 0.3) is 0 Å². The van der Waals surface area contributed by atoms with Crippen LogP contribution in [0.15, 0.2) is 54.9 Å². The van der Waals surface area contributed by atoms with Gasteiger partial charge in [-0.25, -0.2) is 9.78 Å². The molecule has 0 bridgehead atoms. The second-order valence-electron chi connectivity index (χ2n) is 6.50. The Morgan fingerprint density at radius 3 is 2.74 bits per heavy atom. The number of hydrogen-bond acceptors (Lipinski definition) is 4. The first-order valence-electron chi connectivity index (χ1n) is 8.85. The van der Waals surface area contributed by atoms with Crippen molar-refractivity contribution < 1.29 is 14.3 Å². The predicted octanol–water partition coefficient (Wildman–Crippen LogP) is 2.79. The summed E-state index contributed by atoms with van der Waals surface area (Å²) in [7, 11) is 0. The van der Waals surface area contributed by atoms with Crippen molar-refractivity contribution in [3.05, 3.63) is 77.6 Å². The van der Waals surface area contributed by atoms with E-state index >= 15 is 0 Å². The second kappa shape index (κ2) is 7.11. The van der Waals surface area contributed by atoms with Crippen LogP contribution >= 0.6 is 0 Å². The Bertz CT molecular complexity index is 961. The van der Waals surface area contributed by atoms with Crippen molar-refractivity contribution in [1.29, 1.82) is 0 Å². The van der Waals surface area contributed by atoms with Gasteiger partial charge in [0.2, 0.25) is 0 Å². The summed E-state index contributed by atoms with van der Waals surface area (Å²) in [5.74, 6) is 0.225. The molecule has 1 atom stereocenters. The third-order valence-corrected chi connectivity index (χ3v) is 4.78. The number of hydrogen-bond donors (Lipinski definition) is 1. The molecule has 1 aromatic carbocycles. The van der Waals surface area contributed by atoms with Crippen LogP contribution in [-0.4, -0.2) is 37.9 Å². The molecule has 7 heteroatoms. The maximum Gasteiger partial charge on any atom is 0.355 e. The highest BCUT2D eigenvalue weighted by atomic mass is 16.5. The summed E-state index contributed by atoms with van der Waals surface area (Å²) in [6.45, 7) is 3.44. The van der Waals surface area contributed by atoms with Crippen LogP contribution in [0.1, 0.15) is 45.3 Å². The van der Waals surface area contributed by atoms with Crippen LogP contribution in [0.2, 0.25) is 0 Å². The molecule has 0 aliphatic carbocycles. The molecule has 0 saturated carbocycles. The van der Waals surface area contributed by atoms with Crippen LogP contribution in [0.4, 0.5) is 0 Å². The van der Waals surface area contributed by atoms with E-state index in [1.54, 1.807) is 23.2 Å². The van der Waals surface area contributed by atoms with Gasteiger partial charge in [0.05, 0.1) is 6.04 Å². The lowest BCUT2D eigenvalue weighted by molar-refractivity contribution is 0.0466. The third-order valence-electron chi connectivity index (χ3n) is 4.78. The van der Waals surface area contributed by atoms with E-state index in [-0.39, 0.29) is 24.2 Å². The average Bonchev–Trinajstić information content (AvgIpc) is 3.37. The van der Waals surface area contributed by atoms with Gasteiger partial charge >= 0.3 is 5.97 Å². The van der Waals surface area contributed by atoms with Crippen molar-refractivity contribution in [3.63, 3.8) is 0 Å². The molecule has 0 fully saturated rings. The average molecular weight is 364 g/mol. The minimum absolute atomic E-state index is 0.127. The van der Waals surface area contributed by atoms with Gasteiger partial charge in [0, 0.05) is 25.5 Å². The molecule has 0 spiro atoms. The monoisotopic (exact) mass is 364 g/mol. The van der Waals surface area contributed by atoms with Crippen molar-refractivity contribution in [3.8, 4) is 0 Å². The number of nitrogens with one attached hydrogen (secondary N) is 1. The minimum Gasteiger partial charge on any atom is -0.456 e. The van der Waals surface area contributed by atoms with Gasteiger partial charge in [-0.1, -0.05) is 30.3 Å². The molecule has 1 aliphatic heterocycles. The maximum atomic E-state index is 12.9. The molecule has 3 heterocycles. The fourth-order valence-electron chi connectivity index (χ4n) is 3.30. The zero-order chi connectivity index (χ0) is 18.8. The number of ether oxygens (including phenoxy) is 1. The SMILES string of the molecule is CC1c2nccn2CCN1C(=O)c1ccc(C(=O)OCc2ccccc2)[nH]1. The summed E-state index contributed by atoms with van der Waals surface area (Å²) in [5, 5.41) is 0. The van der Waals surface area contributed by atoms with Gasteiger partial charge in [-0.05, 0) is 24.6 Å². The Balaban J connectivity index is 1.43. The Kier molecular flexibility index (Phi) is 4.50. The van der Waals surface area contributed by atoms with Crippen molar-refractivity contribution in [2.75, 3.05) is 6.54 Å². The summed E-state index contributed by atoms with van der Waals surface area (Å²) in [5.41, 5.74) is 1.54. The molecule has 3 aromatic rings. The maximum absolute atomic E-state index is 12.9. The van der Waals surface area contributed by atoms with Gasteiger partial charge in [0.15, 0.2) is 0 Å². The lowest BCUT2D eigenvalue weighted by Gasteiger charge is -2.33. The number of carbonyl (C=O) groups excluding carboxylic acids is 2. The predicted molar refractivity (Wildman–Crippen MR) is 98.0 cm³/mol. The molecule has 1 N–H and O–H groups in total. The minimum atomic E-state index is -0.486. The normalized spacial score (nSPS) is 16.0. The number of carbonyl (C=O) groups is 2. The number of amides is 1. The number of nitrogens with zero attached hydrogens (tertiary/aromatic N) is 3. The standard InChI is InChI=1S/C20H20N4O3/c1-14-18-21-9-10-23(18)11-12-24(14)19(25)16-7-8-17(22-16)20(26)27-13-15-5-3-2-4-6-15/h2-10,14,22H,11-13H2,1H3. The molecular weight excluding hydrogens is 344 g/mol. The smallest absolute Gasteiger partial charge is 0.355 e. The van der Waals surface area contributed by atoms with E-state index in [0.29, 0.717) is 18.8 Å². The number of aromatic nitrogens is 3. The van der Waals surface area contributed by atoms with Crippen molar-refractivity contribution in [2.45, 2.75) is 26.1 Å². The van der Waals surface area contributed by atoms with Gasteiger partial charge in [0.25, 0.3) is 5.91 Å². The first-order chi connectivity index (χ1) is 13.1. The number of H-pyrrole nitrogens is 1. The zero-order valence-corrected chi connectivity index (χ0v) is 15.0. The van der Waals surface area contributed by atoms with Gasteiger partial charge < -0.3 is 19.2 Å². The molecule has 7 nitrogen and oxygen atoms in total. The van der Waals surface area contributed by atoms with E-state index in [2.05, 4.69) is 14.5 Å². The zero-order valence-electron chi connectivity index (χ0n) is 15.0. The number of benzene rings is 1. The molecule has 27 heavy (non-hydrogen) atoms. The number of aromatic amines is 1. The summed E-state index contributed by atoms with van der Waals surface area (Å²) in [6.07, 6.45) is 3.67. The lowest BCUT2D eigenvalue weighted by Crippen LogP contribution is -2.41. The van der Waals surface area contributed by atoms with Gasteiger partial charge in [-0.2, -0.15) is 0 Å². The van der Waals surface area contributed by atoms with E-state index in [1.165, 1.54) is 0 Å². The molecule has 1 aliphatic rings. The van der Waals surface area contributed by atoms with E-state index < -0.39 is 5.97 Å². The first kappa shape index (κ1) is 17.1. The highest BCUT2D eigenvalue weighted by molar-refractivity contribution is 5.95. The summed E-state index contributed by atoms with van der Waals surface area (Å²) >= 11 is 0. The molecule has 1 unspecified atom stereocenters. The van der Waals surface area contributed by atoms with Gasteiger partial charge in [-0.3, -0.25) is 4.79 Å². The molecule has 2 aromatic heterocycles. The molecule has 0 saturated heterocycles. The number of rotatable bonds is 4. The first-order valence-corrected chi connectivity index (χ1v) is 8.85. The Morgan fingerprint density at radius 2 is 1.93 bits per heavy atom. The van der Waals surface area contributed by atoms with E-state index in [9.17, 15) is 9.59 Å². The van der Waals surface area contributed by atoms with Crippen LogP contribution in [0.3, 0.4) is 0 Å². The largest absolute Gasteiger partial charge is 0.456 e. The number of fused-ring (bicyclic) bond motifs is 1. The summed E-state index contributed by atoms with van der Waals surface area (Å²) < 4.78 is 7.35. The molecular formula is C20H20N4O3. The molecule has 0 radical (unpaired) electrons. The number of esters is 1. The lowest BCUT2D eigenvalue weighted by atomic mass is 10.2. The highest BCUT2D eigenvalue weighted by Crippen LogP contribution is 2.25. The fourth-order valence-corrected chi connectivity index (χ4v) is 3.30. The molecule has 138 valence electrons. The van der Waals surface area contributed by atoms with Gasteiger partial charge in [0.1, 0.15) is 23.8 Å². The molecule has 4 rings (SSSR count). The van der Waals surface area contributed by atoms with E-state index in [1.807, 2.05) is 43.5 Å². The van der Waals surface area contributed by atoms with Crippen LogP contribution in [-0.2, 0) is 17.9 Å². The third kappa shape index (κ3) is 3.36. The Labute approximate surface area is 156 Å². The van der Waals surface area contributed by atoms with Crippen LogP contribution in [0, 0.1) is 0 Å². The number of imidazole rings is 1. The molecule has 1 amide bonds. The van der Waals surface area contributed by atoms with Crippen molar-refractivity contribution in [1.82, 2.24) is 19.4 Å². The summed E-state index contributed by atoms with van der Waals surface area (Å²) in [4.78, 5) is 34.1. The van der Waals surface area contributed by atoms with E-state index in [0.717, 1.165) is 11.4 Å². The van der Waals surface area contributed by atoms with Crippen molar-refractivity contribution in [2.24, 2.45) is 0 Å². The van der Waals surface area contributed by atoms with Gasteiger partial charge in [-0.15, -0.1) is 0 Å². The quantitative estimate of drug-likeness (QED) is 0.722.